The van der Waals surface area contributed by atoms with E-state index in [1.54, 1.807) is 13.8 Å². The molecule has 0 aromatic carbocycles. The minimum atomic E-state index is -3.35. The molecule has 0 bridgehead atoms. The van der Waals surface area contributed by atoms with E-state index < -0.39 is 27.4 Å². The minimum Gasteiger partial charge on any atom is -0.353 e. The highest BCUT2D eigenvalue weighted by Gasteiger charge is 2.22. The van der Waals surface area contributed by atoms with Crippen molar-refractivity contribution in [1.29, 1.82) is 0 Å². The van der Waals surface area contributed by atoms with E-state index in [0.717, 1.165) is 6.26 Å². The number of carbonyl (C=O) groups excluding carboxylic acids is 2. The van der Waals surface area contributed by atoms with E-state index in [1.807, 2.05) is 0 Å². The first-order chi connectivity index (χ1) is 8.06. The van der Waals surface area contributed by atoms with Gasteiger partial charge in [0.2, 0.25) is 21.8 Å². The zero-order valence-electron chi connectivity index (χ0n) is 10.7. The lowest BCUT2D eigenvalue weighted by atomic mass is 10.1. The number of nitrogens with two attached hydrogens (primary N) is 1. The van der Waals surface area contributed by atoms with Crippen molar-refractivity contribution in [2.75, 3.05) is 25.9 Å². The van der Waals surface area contributed by atoms with Gasteiger partial charge in [0.25, 0.3) is 0 Å². The lowest BCUT2D eigenvalue weighted by Crippen LogP contribution is -2.52. The number of rotatable bonds is 7. The Morgan fingerprint density at radius 1 is 1.17 bits per heavy atom. The van der Waals surface area contributed by atoms with Crippen LogP contribution in [0.4, 0.5) is 0 Å². The Hall–Kier alpha value is -1.19. The second-order valence-electron chi connectivity index (χ2n) is 4.52. The number of sulfonamides is 1. The summed E-state index contributed by atoms with van der Waals surface area (Å²) in [4.78, 5) is 22.1. The van der Waals surface area contributed by atoms with Gasteiger partial charge >= 0.3 is 0 Å². The molecule has 0 spiro atoms. The predicted molar refractivity (Wildman–Crippen MR) is 67.1 cm³/mol. The number of nitrogens with one attached hydrogen (secondary N) is 3. The van der Waals surface area contributed by atoms with Gasteiger partial charge < -0.3 is 16.4 Å². The van der Waals surface area contributed by atoms with Gasteiger partial charge in [-0.15, -0.1) is 0 Å². The first-order valence-corrected chi connectivity index (χ1v) is 7.17. The molecule has 8 nitrogen and oxygen atoms in total. The van der Waals surface area contributed by atoms with E-state index in [-0.39, 0.29) is 19.6 Å². The Kier molecular flexibility index (Phi) is 6.22. The number of hydrogen-bond donors (Lipinski definition) is 4. The maximum absolute atomic E-state index is 11.3. The van der Waals surface area contributed by atoms with Crippen molar-refractivity contribution in [2.24, 2.45) is 5.73 Å². The fourth-order valence-electron chi connectivity index (χ4n) is 1.17. The quantitative estimate of drug-likeness (QED) is 0.410. The maximum Gasteiger partial charge on any atom is 0.239 e. The van der Waals surface area contributed by atoms with Gasteiger partial charge in [-0.2, -0.15) is 0 Å². The van der Waals surface area contributed by atoms with E-state index in [2.05, 4.69) is 15.4 Å². The summed E-state index contributed by atoms with van der Waals surface area (Å²) in [5, 5.41) is 4.81. The summed E-state index contributed by atoms with van der Waals surface area (Å²) in [5.41, 5.74) is 4.25. The molecule has 0 heterocycles. The van der Waals surface area contributed by atoms with Crippen LogP contribution >= 0.6 is 0 Å². The molecular weight excluding hydrogens is 260 g/mol. The van der Waals surface area contributed by atoms with Gasteiger partial charge in [0.05, 0.1) is 19.3 Å². The summed E-state index contributed by atoms with van der Waals surface area (Å²) in [6, 6.07) is 0. The van der Waals surface area contributed by atoms with E-state index in [1.165, 1.54) is 0 Å². The van der Waals surface area contributed by atoms with Crippen LogP contribution in [0.1, 0.15) is 13.8 Å². The maximum atomic E-state index is 11.3. The Balaban J connectivity index is 4.08. The van der Waals surface area contributed by atoms with Gasteiger partial charge in [-0.25, -0.2) is 13.1 Å². The van der Waals surface area contributed by atoms with Crippen molar-refractivity contribution in [1.82, 2.24) is 15.4 Å². The van der Waals surface area contributed by atoms with Gasteiger partial charge in [0, 0.05) is 12.1 Å². The van der Waals surface area contributed by atoms with Crippen molar-refractivity contribution in [3.63, 3.8) is 0 Å². The molecule has 0 aromatic rings. The fraction of sp³-hybridized carbons (Fsp3) is 0.778. The topological polar surface area (TPSA) is 130 Å². The highest BCUT2D eigenvalue weighted by molar-refractivity contribution is 7.88. The van der Waals surface area contributed by atoms with E-state index in [4.69, 9.17) is 5.73 Å². The third kappa shape index (κ3) is 8.90. The third-order valence-electron chi connectivity index (χ3n) is 1.82. The molecule has 5 N–H and O–H groups in total. The molecular formula is C9H20N4O4S. The van der Waals surface area contributed by atoms with E-state index >= 15 is 0 Å². The van der Waals surface area contributed by atoms with Crippen molar-refractivity contribution in [3.05, 3.63) is 0 Å². The molecule has 0 aromatic heterocycles. The Bertz CT molecular complexity index is 405. The second kappa shape index (κ2) is 6.66. The summed E-state index contributed by atoms with van der Waals surface area (Å²) in [6.07, 6.45) is 1.04. The molecule has 0 rings (SSSR count). The fourth-order valence-corrected chi connectivity index (χ4v) is 2.25. The van der Waals surface area contributed by atoms with Crippen LogP contribution < -0.4 is 21.1 Å². The summed E-state index contributed by atoms with van der Waals surface area (Å²) in [7, 11) is -3.35. The molecule has 0 aliphatic carbocycles. The lowest BCUT2D eigenvalue weighted by Gasteiger charge is -2.25. The SMILES string of the molecule is CC(C)(CNC(=O)CNC(=O)CN)NS(C)(=O)=O. The summed E-state index contributed by atoms with van der Waals surface area (Å²) >= 11 is 0. The summed E-state index contributed by atoms with van der Waals surface area (Å²) < 4.78 is 24.5. The molecule has 0 aliphatic heterocycles. The van der Waals surface area contributed by atoms with Crippen LogP contribution in [-0.2, 0) is 19.6 Å². The number of carbonyl (C=O) groups is 2. The third-order valence-corrected chi connectivity index (χ3v) is 2.74. The van der Waals surface area contributed by atoms with Crippen molar-refractivity contribution in [2.45, 2.75) is 19.4 Å². The van der Waals surface area contributed by atoms with Crippen LogP contribution in [0.3, 0.4) is 0 Å². The predicted octanol–water partition coefficient (Wildman–Crippen LogP) is -2.49. The van der Waals surface area contributed by atoms with Crippen LogP contribution in [-0.4, -0.2) is 51.7 Å². The molecule has 0 fully saturated rings. The monoisotopic (exact) mass is 280 g/mol. The Labute approximate surface area is 107 Å². The number of amides is 2. The van der Waals surface area contributed by atoms with Gasteiger partial charge in [0.1, 0.15) is 0 Å². The highest BCUT2D eigenvalue weighted by atomic mass is 32.2. The van der Waals surface area contributed by atoms with Crippen LogP contribution in [0.5, 0.6) is 0 Å². The molecule has 0 radical (unpaired) electrons. The van der Waals surface area contributed by atoms with Gasteiger partial charge in [0.15, 0.2) is 0 Å². The van der Waals surface area contributed by atoms with Crippen LogP contribution in [0.2, 0.25) is 0 Å². The molecule has 18 heavy (non-hydrogen) atoms. The van der Waals surface area contributed by atoms with E-state index in [9.17, 15) is 18.0 Å². The van der Waals surface area contributed by atoms with E-state index in [0.29, 0.717) is 0 Å². The lowest BCUT2D eigenvalue weighted by molar-refractivity contribution is -0.125. The molecule has 0 saturated carbocycles. The van der Waals surface area contributed by atoms with Crippen LogP contribution in [0, 0.1) is 0 Å². The zero-order valence-corrected chi connectivity index (χ0v) is 11.6. The molecule has 0 saturated heterocycles. The van der Waals surface area contributed by atoms with Crippen LogP contribution in [0.15, 0.2) is 0 Å². The van der Waals surface area contributed by atoms with Crippen molar-refractivity contribution < 1.29 is 18.0 Å². The van der Waals surface area contributed by atoms with Crippen LogP contribution in [0.25, 0.3) is 0 Å². The van der Waals surface area contributed by atoms with Gasteiger partial charge in [-0.1, -0.05) is 0 Å². The second-order valence-corrected chi connectivity index (χ2v) is 6.26. The average molecular weight is 280 g/mol. The normalized spacial score (nSPS) is 12.0. The molecule has 106 valence electrons. The van der Waals surface area contributed by atoms with Gasteiger partial charge in [-0.3, -0.25) is 9.59 Å². The summed E-state index contributed by atoms with van der Waals surface area (Å²) in [6.45, 7) is 3.00. The average Bonchev–Trinajstić information content (AvgIpc) is 2.19. The molecule has 0 atom stereocenters. The Morgan fingerprint density at radius 2 is 1.72 bits per heavy atom. The summed E-state index contributed by atoms with van der Waals surface area (Å²) in [5.74, 6) is -0.848. The standard InChI is InChI=1S/C9H20N4O4S/c1-9(2,13-18(3,16)17)6-12-8(15)5-11-7(14)4-10/h13H,4-6,10H2,1-3H3,(H,11,14)(H,12,15). The smallest absolute Gasteiger partial charge is 0.239 e. The first-order valence-electron chi connectivity index (χ1n) is 5.28. The molecule has 0 aliphatic rings. The van der Waals surface area contributed by atoms with Crippen molar-refractivity contribution >= 4 is 21.8 Å². The highest BCUT2D eigenvalue weighted by Crippen LogP contribution is 2.01. The molecule has 9 heteroatoms. The first kappa shape index (κ1) is 16.8. The molecule has 0 unspecified atom stereocenters. The Morgan fingerprint density at radius 3 is 2.17 bits per heavy atom. The molecule has 2 amide bonds. The largest absolute Gasteiger partial charge is 0.353 e. The minimum absolute atomic E-state index is 0.109. The van der Waals surface area contributed by atoms with Gasteiger partial charge in [-0.05, 0) is 13.8 Å². The number of hydrogen-bond acceptors (Lipinski definition) is 5. The van der Waals surface area contributed by atoms with Crippen molar-refractivity contribution in [3.8, 4) is 0 Å². The zero-order chi connectivity index (χ0) is 14.4.